The third-order valence-corrected chi connectivity index (χ3v) is 4.40. The van der Waals surface area contributed by atoms with E-state index in [1.54, 1.807) is 0 Å². The molecule has 2 fully saturated rings. The topological polar surface area (TPSA) is 43.7 Å². The molecule has 2 aliphatic carbocycles. The van der Waals surface area contributed by atoms with Crippen LogP contribution < -0.4 is 0 Å². The molecule has 2 N–H and O–H groups in total. The van der Waals surface area contributed by atoms with Crippen LogP contribution in [-0.4, -0.2) is 47.0 Å². The average Bonchev–Trinajstić information content (AvgIpc) is 2.65. The van der Waals surface area contributed by atoms with Crippen molar-refractivity contribution in [2.75, 3.05) is 13.6 Å². The quantitative estimate of drug-likeness (QED) is 0.765. The molecule has 2 saturated carbocycles. The first-order valence-electron chi connectivity index (χ1n) is 6.75. The van der Waals surface area contributed by atoms with E-state index < -0.39 is 0 Å². The minimum absolute atomic E-state index is 0.108. The highest BCUT2D eigenvalue weighted by Gasteiger charge is 2.31. The smallest absolute Gasteiger partial charge is 0.0695 e. The van der Waals surface area contributed by atoms with Crippen molar-refractivity contribution >= 4 is 0 Å². The van der Waals surface area contributed by atoms with Crippen molar-refractivity contribution in [3.8, 4) is 0 Å². The zero-order valence-corrected chi connectivity index (χ0v) is 10.3. The van der Waals surface area contributed by atoms with Crippen LogP contribution in [0.5, 0.6) is 0 Å². The summed E-state index contributed by atoms with van der Waals surface area (Å²) in [4.78, 5) is 2.28. The Kier molecular flexibility index (Phi) is 4.22. The Morgan fingerprint density at radius 2 is 1.62 bits per heavy atom. The van der Waals surface area contributed by atoms with Crippen LogP contribution in [-0.2, 0) is 0 Å². The van der Waals surface area contributed by atoms with Crippen LogP contribution in [0, 0.1) is 5.92 Å². The van der Waals surface area contributed by atoms with Gasteiger partial charge in [0.25, 0.3) is 0 Å². The van der Waals surface area contributed by atoms with Crippen LogP contribution in [0.25, 0.3) is 0 Å². The van der Waals surface area contributed by atoms with Gasteiger partial charge in [0.2, 0.25) is 0 Å². The zero-order chi connectivity index (χ0) is 11.5. The molecule has 4 unspecified atom stereocenters. The summed E-state index contributed by atoms with van der Waals surface area (Å²) < 4.78 is 0. The van der Waals surface area contributed by atoms with Crippen molar-refractivity contribution < 1.29 is 10.2 Å². The van der Waals surface area contributed by atoms with Crippen LogP contribution in [0.2, 0.25) is 0 Å². The number of aliphatic hydroxyl groups excluding tert-OH is 2. The van der Waals surface area contributed by atoms with Crippen molar-refractivity contribution in [3.05, 3.63) is 0 Å². The Labute approximate surface area is 98.5 Å². The third kappa shape index (κ3) is 2.76. The lowest BCUT2D eigenvalue weighted by atomic mass is 9.91. The van der Waals surface area contributed by atoms with E-state index in [-0.39, 0.29) is 12.2 Å². The molecule has 2 rings (SSSR count). The molecule has 0 spiro atoms. The maximum absolute atomic E-state index is 9.98. The Hall–Kier alpha value is -0.120. The van der Waals surface area contributed by atoms with Crippen molar-refractivity contribution in [3.63, 3.8) is 0 Å². The fraction of sp³-hybridized carbons (Fsp3) is 1.00. The molecular weight excluding hydrogens is 202 g/mol. The van der Waals surface area contributed by atoms with E-state index in [9.17, 15) is 10.2 Å². The van der Waals surface area contributed by atoms with Crippen molar-refractivity contribution in [2.24, 2.45) is 5.92 Å². The minimum atomic E-state index is -0.155. The molecular formula is C13H25NO2. The second kappa shape index (κ2) is 5.48. The largest absolute Gasteiger partial charge is 0.393 e. The monoisotopic (exact) mass is 227 g/mol. The predicted molar refractivity (Wildman–Crippen MR) is 64.2 cm³/mol. The molecule has 16 heavy (non-hydrogen) atoms. The van der Waals surface area contributed by atoms with Crippen molar-refractivity contribution in [2.45, 2.75) is 63.2 Å². The standard InChI is InChI=1S/C13H25NO2/c1-14(9-10-5-4-8-12(10)15)11-6-2-3-7-13(11)16/h10-13,15-16H,2-9H2,1H3. The van der Waals surface area contributed by atoms with Crippen LogP contribution in [0.4, 0.5) is 0 Å². The highest BCUT2D eigenvalue weighted by atomic mass is 16.3. The number of hydrogen-bond acceptors (Lipinski definition) is 3. The second-order valence-electron chi connectivity index (χ2n) is 5.62. The predicted octanol–water partition coefficient (Wildman–Crippen LogP) is 1.38. The van der Waals surface area contributed by atoms with Crippen LogP contribution >= 0.6 is 0 Å². The molecule has 0 saturated heterocycles. The molecule has 2 aliphatic rings. The summed E-state index contributed by atoms with van der Waals surface area (Å²) in [5, 5.41) is 19.8. The van der Waals surface area contributed by atoms with Gasteiger partial charge in [-0.05, 0) is 38.6 Å². The van der Waals surface area contributed by atoms with Crippen molar-refractivity contribution in [1.82, 2.24) is 4.90 Å². The SMILES string of the molecule is CN(CC1CCCC1O)C1CCCCC1O. The van der Waals surface area contributed by atoms with Gasteiger partial charge in [0.05, 0.1) is 12.2 Å². The van der Waals surface area contributed by atoms with E-state index >= 15 is 0 Å². The first kappa shape index (κ1) is 12.3. The summed E-state index contributed by atoms with van der Waals surface area (Å²) in [7, 11) is 2.10. The molecule has 0 aromatic heterocycles. The van der Waals surface area contributed by atoms with Gasteiger partial charge in [-0.25, -0.2) is 0 Å². The van der Waals surface area contributed by atoms with Gasteiger partial charge in [0.15, 0.2) is 0 Å². The third-order valence-electron chi connectivity index (χ3n) is 4.40. The van der Waals surface area contributed by atoms with E-state index in [0.29, 0.717) is 12.0 Å². The van der Waals surface area contributed by atoms with Gasteiger partial charge < -0.3 is 15.1 Å². The first-order valence-corrected chi connectivity index (χ1v) is 6.75. The maximum atomic E-state index is 9.98. The minimum Gasteiger partial charge on any atom is -0.393 e. The van der Waals surface area contributed by atoms with Gasteiger partial charge in [-0.2, -0.15) is 0 Å². The highest BCUT2D eigenvalue weighted by molar-refractivity contribution is 4.85. The lowest BCUT2D eigenvalue weighted by molar-refractivity contribution is 0.0146. The average molecular weight is 227 g/mol. The van der Waals surface area contributed by atoms with Gasteiger partial charge >= 0.3 is 0 Å². The number of hydrogen-bond donors (Lipinski definition) is 2. The molecule has 0 amide bonds. The van der Waals surface area contributed by atoms with E-state index in [2.05, 4.69) is 11.9 Å². The lowest BCUT2D eigenvalue weighted by Crippen LogP contribution is -2.46. The molecule has 3 heteroatoms. The molecule has 0 heterocycles. The second-order valence-corrected chi connectivity index (χ2v) is 5.62. The lowest BCUT2D eigenvalue weighted by Gasteiger charge is -2.36. The van der Waals surface area contributed by atoms with E-state index in [4.69, 9.17) is 0 Å². The Balaban J connectivity index is 1.84. The van der Waals surface area contributed by atoms with Crippen molar-refractivity contribution in [1.29, 1.82) is 0 Å². The summed E-state index contributed by atoms with van der Waals surface area (Å²) in [5.74, 6) is 0.430. The Morgan fingerprint density at radius 3 is 2.25 bits per heavy atom. The summed E-state index contributed by atoms with van der Waals surface area (Å²) in [6, 6.07) is 0.321. The molecule has 0 bridgehead atoms. The summed E-state index contributed by atoms with van der Waals surface area (Å²) in [5.41, 5.74) is 0. The molecule has 3 nitrogen and oxygen atoms in total. The molecule has 0 aromatic rings. The summed E-state index contributed by atoms with van der Waals surface area (Å²) in [6.45, 7) is 0.947. The summed E-state index contributed by atoms with van der Waals surface area (Å²) >= 11 is 0. The Bertz CT molecular complexity index is 222. The molecule has 0 aromatic carbocycles. The van der Waals surface area contributed by atoms with Crippen LogP contribution in [0.15, 0.2) is 0 Å². The maximum Gasteiger partial charge on any atom is 0.0695 e. The number of aliphatic hydroxyl groups is 2. The van der Waals surface area contributed by atoms with Gasteiger partial charge in [-0.3, -0.25) is 0 Å². The normalized spacial score (nSPS) is 40.5. The van der Waals surface area contributed by atoms with Crippen LogP contribution in [0.1, 0.15) is 44.9 Å². The van der Waals surface area contributed by atoms with E-state index in [1.807, 2.05) is 0 Å². The van der Waals surface area contributed by atoms with Gasteiger partial charge in [-0.15, -0.1) is 0 Å². The number of likely N-dealkylation sites (N-methyl/N-ethyl adjacent to an activating group) is 1. The van der Waals surface area contributed by atoms with Gasteiger partial charge in [-0.1, -0.05) is 19.3 Å². The van der Waals surface area contributed by atoms with Gasteiger partial charge in [0.1, 0.15) is 0 Å². The zero-order valence-electron chi connectivity index (χ0n) is 10.3. The van der Waals surface area contributed by atoms with Gasteiger partial charge in [0, 0.05) is 12.6 Å². The highest BCUT2D eigenvalue weighted by Crippen LogP contribution is 2.29. The van der Waals surface area contributed by atoms with Crippen LogP contribution in [0.3, 0.4) is 0 Å². The molecule has 4 atom stereocenters. The fourth-order valence-corrected chi connectivity index (χ4v) is 3.34. The first-order chi connectivity index (χ1) is 7.68. The molecule has 94 valence electrons. The molecule has 0 radical (unpaired) electrons. The number of nitrogens with zero attached hydrogens (tertiary/aromatic N) is 1. The van der Waals surface area contributed by atoms with E-state index in [1.165, 1.54) is 6.42 Å². The number of rotatable bonds is 3. The molecule has 0 aliphatic heterocycles. The Morgan fingerprint density at radius 1 is 0.938 bits per heavy atom. The van der Waals surface area contributed by atoms with E-state index in [0.717, 1.165) is 45.1 Å². The fourth-order valence-electron chi connectivity index (χ4n) is 3.34. The summed E-state index contributed by atoms with van der Waals surface area (Å²) in [6.07, 6.45) is 7.47.